The van der Waals surface area contributed by atoms with Crippen LogP contribution < -0.4 is 5.73 Å². The van der Waals surface area contributed by atoms with E-state index in [1.165, 1.54) is 12.1 Å². The highest BCUT2D eigenvalue weighted by Gasteiger charge is 2.44. The zero-order valence-electron chi connectivity index (χ0n) is 9.17. The fourth-order valence-electron chi connectivity index (χ4n) is 2.21. The molecule has 1 saturated carbocycles. The third-order valence-electron chi connectivity index (χ3n) is 3.49. The van der Waals surface area contributed by atoms with Crippen molar-refractivity contribution in [3.8, 4) is 0 Å². The molecule has 0 spiro atoms. The van der Waals surface area contributed by atoms with Gasteiger partial charge in [-0.15, -0.1) is 0 Å². The first-order valence-electron chi connectivity index (χ1n) is 5.35. The zero-order valence-corrected chi connectivity index (χ0v) is 9.17. The standard InChI is InChI=1S/C12H15F2NO/c1-16-12(6-3-7-12)11(15)8-4-2-5-9(13)10(8)14/h2,4-5,11H,3,6-7,15H2,1H3. The van der Waals surface area contributed by atoms with Crippen LogP contribution in [0.3, 0.4) is 0 Å². The Bertz CT molecular complexity index is 385. The van der Waals surface area contributed by atoms with Crippen molar-refractivity contribution < 1.29 is 13.5 Å². The van der Waals surface area contributed by atoms with E-state index < -0.39 is 23.3 Å². The summed E-state index contributed by atoms with van der Waals surface area (Å²) < 4.78 is 32.0. The summed E-state index contributed by atoms with van der Waals surface area (Å²) in [6.45, 7) is 0. The number of rotatable bonds is 3. The summed E-state index contributed by atoms with van der Waals surface area (Å²) in [5, 5.41) is 0. The molecule has 0 heterocycles. The third kappa shape index (κ3) is 1.62. The Hall–Kier alpha value is -1.00. The molecule has 1 aliphatic carbocycles. The minimum absolute atomic E-state index is 0.196. The van der Waals surface area contributed by atoms with Gasteiger partial charge in [0.2, 0.25) is 0 Å². The Morgan fingerprint density at radius 2 is 2.06 bits per heavy atom. The average Bonchev–Trinajstić information content (AvgIpc) is 2.21. The van der Waals surface area contributed by atoms with Crippen LogP contribution in [0.1, 0.15) is 30.9 Å². The molecule has 0 amide bonds. The van der Waals surface area contributed by atoms with Crippen LogP contribution in [0, 0.1) is 11.6 Å². The highest BCUT2D eigenvalue weighted by molar-refractivity contribution is 5.26. The van der Waals surface area contributed by atoms with Gasteiger partial charge in [0.1, 0.15) is 0 Å². The Balaban J connectivity index is 2.33. The van der Waals surface area contributed by atoms with Crippen molar-refractivity contribution in [3.63, 3.8) is 0 Å². The molecule has 1 unspecified atom stereocenters. The number of nitrogens with two attached hydrogens (primary N) is 1. The number of hydrogen-bond acceptors (Lipinski definition) is 2. The summed E-state index contributed by atoms with van der Waals surface area (Å²) in [5.41, 5.74) is 5.66. The molecule has 16 heavy (non-hydrogen) atoms. The van der Waals surface area contributed by atoms with Gasteiger partial charge in [0.15, 0.2) is 11.6 Å². The van der Waals surface area contributed by atoms with Crippen molar-refractivity contribution in [2.24, 2.45) is 5.73 Å². The van der Waals surface area contributed by atoms with Crippen LogP contribution in [-0.4, -0.2) is 12.7 Å². The number of ether oxygens (including phenoxy) is 1. The molecule has 1 fully saturated rings. The summed E-state index contributed by atoms with van der Waals surface area (Å²) >= 11 is 0. The number of benzene rings is 1. The fraction of sp³-hybridized carbons (Fsp3) is 0.500. The maximum atomic E-state index is 13.6. The first kappa shape index (κ1) is 11.5. The second-order valence-corrected chi connectivity index (χ2v) is 4.24. The second kappa shape index (κ2) is 4.11. The Labute approximate surface area is 93.4 Å². The van der Waals surface area contributed by atoms with E-state index in [0.29, 0.717) is 0 Å². The maximum Gasteiger partial charge on any atom is 0.163 e. The lowest BCUT2D eigenvalue weighted by atomic mass is 9.72. The van der Waals surface area contributed by atoms with E-state index in [-0.39, 0.29) is 5.56 Å². The molecule has 1 atom stereocenters. The lowest BCUT2D eigenvalue weighted by molar-refractivity contribution is -0.0918. The number of hydrogen-bond donors (Lipinski definition) is 1. The highest BCUT2D eigenvalue weighted by atomic mass is 19.2. The first-order valence-corrected chi connectivity index (χ1v) is 5.35. The number of halogens is 2. The lowest BCUT2D eigenvalue weighted by Gasteiger charge is -2.45. The molecule has 4 heteroatoms. The lowest BCUT2D eigenvalue weighted by Crippen LogP contribution is -2.49. The summed E-state index contributed by atoms with van der Waals surface area (Å²) in [7, 11) is 1.57. The quantitative estimate of drug-likeness (QED) is 0.861. The van der Waals surface area contributed by atoms with Crippen molar-refractivity contribution in [1.29, 1.82) is 0 Å². The van der Waals surface area contributed by atoms with Gasteiger partial charge in [-0.05, 0) is 25.3 Å². The van der Waals surface area contributed by atoms with E-state index in [4.69, 9.17) is 10.5 Å². The average molecular weight is 227 g/mol. The van der Waals surface area contributed by atoms with E-state index in [1.807, 2.05) is 0 Å². The van der Waals surface area contributed by atoms with Crippen LogP contribution in [0.4, 0.5) is 8.78 Å². The summed E-state index contributed by atoms with van der Waals surface area (Å²) in [6, 6.07) is 3.46. The Morgan fingerprint density at radius 3 is 2.56 bits per heavy atom. The second-order valence-electron chi connectivity index (χ2n) is 4.24. The van der Waals surface area contributed by atoms with Gasteiger partial charge in [-0.25, -0.2) is 8.78 Å². The molecule has 1 aromatic rings. The van der Waals surface area contributed by atoms with E-state index in [9.17, 15) is 8.78 Å². The molecule has 1 aromatic carbocycles. The van der Waals surface area contributed by atoms with Gasteiger partial charge in [0.05, 0.1) is 11.6 Å². The summed E-state index contributed by atoms with van der Waals surface area (Å²) in [4.78, 5) is 0. The monoisotopic (exact) mass is 227 g/mol. The van der Waals surface area contributed by atoms with Crippen molar-refractivity contribution >= 4 is 0 Å². The molecule has 1 aliphatic rings. The molecule has 0 radical (unpaired) electrons. The van der Waals surface area contributed by atoms with Gasteiger partial charge < -0.3 is 10.5 Å². The molecular weight excluding hydrogens is 212 g/mol. The molecule has 0 bridgehead atoms. The van der Waals surface area contributed by atoms with E-state index >= 15 is 0 Å². The van der Waals surface area contributed by atoms with Gasteiger partial charge in [0, 0.05) is 12.7 Å². The summed E-state index contributed by atoms with van der Waals surface area (Å²) in [5.74, 6) is -1.73. The van der Waals surface area contributed by atoms with Crippen molar-refractivity contribution in [1.82, 2.24) is 0 Å². The van der Waals surface area contributed by atoms with Crippen LogP contribution in [0.15, 0.2) is 18.2 Å². The molecule has 0 aliphatic heterocycles. The first-order chi connectivity index (χ1) is 7.60. The van der Waals surface area contributed by atoms with E-state index in [1.54, 1.807) is 7.11 Å². The van der Waals surface area contributed by atoms with Gasteiger partial charge in [-0.1, -0.05) is 12.1 Å². The summed E-state index contributed by atoms with van der Waals surface area (Å²) in [6.07, 6.45) is 2.60. The fourth-order valence-corrected chi connectivity index (χ4v) is 2.21. The molecule has 2 rings (SSSR count). The normalized spacial score (nSPS) is 20.2. The molecular formula is C12H15F2NO. The molecule has 0 aromatic heterocycles. The van der Waals surface area contributed by atoms with Gasteiger partial charge in [-0.2, -0.15) is 0 Å². The van der Waals surface area contributed by atoms with Gasteiger partial charge in [-0.3, -0.25) is 0 Å². The van der Waals surface area contributed by atoms with Crippen LogP contribution in [0.2, 0.25) is 0 Å². The van der Waals surface area contributed by atoms with Crippen molar-refractivity contribution in [3.05, 3.63) is 35.4 Å². The van der Waals surface area contributed by atoms with Crippen molar-refractivity contribution in [2.75, 3.05) is 7.11 Å². The van der Waals surface area contributed by atoms with Crippen LogP contribution in [0.25, 0.3) is 0 Å². The van der Waals surface area contributed by atoms with Crippen molar-refractivity contribution in [2.45, 2.75) is 30.9 Å². The maximum absolute atomic E-state index is 13.6. The third-order valence-corrected chi connectivity index (χ3v) is 3.49. The van der Waals surface area contributed by atoms with Gasteiger partial charge >= 0.3 is 0 Å². The SMILES string of the molecule is COC1(C(N)c2cccc(F)c2F)CCC1. The predicted molar refractivity (Wildman–Crippen MR) is 56.9 cm³/mol. The largest absolute Gasteiger partial charge is 0.376 e. The molecule has 2 N–H and O–H groups in total. The Kier molecular flexibility index (Phi) is 2.95. The van der Waals surface area contributed by atoms with Crippen LogP contribution in [0.5, 0.6) is 0 Å². The smallest absolute Gasteiger partial charge is 0.163 e. The topological polar surface area (TPSA) is 35.2 Å². The molecule has 88 valence electrons. The van der Waals surface area contributed by atoms with E-state index in [0.717, 1.165) is 25.3 Å². The minimum Gasteiger partial charge on any atom is -0.376 e. The molecule has 0 saturated heterocycles. The minimum atomic E-state index is -0.863. The molecule has 2 nitrogen and oxygen atoms in total. The van der Waals surface area contributed by atoms with Crippen LogP contribution >= 0.6 is 0 Å². The van der Waals surface area contributed by atoms with E-state index in [2.05, 4.69) is 0 Å². The van der Waals surface area contributed by atoms with Crippen LogP contribution in [-0.2, 0) is 4.74 Å². The zero-order chi connectivity index (χ0) is 11.8. The Morgan fingerprint density at radius 1 is 1.38 bits per heavy atom. The predicted octanol–water partition coefficient (Wildman–Crippen LogP) is 2.53. The number of methoxy groups -OCH3 is 1. The van der Waals surface area contributed by atoms with Gasteiger partial charge in [0.25, 0.3) is 0 Å². The highest BCUT2D eigenvalue weighted by Crippen LogP contribution is 2.44.